The van der Waals surface area contributed by atoms with Gasteiger partial charge in [-0.05, 0) is 13.0 Å². The summed E-state index contributed by atoms with van der Waals surface area (Å²) in [5, 5.41) is 22.7. The Morgan fingerprint density at radius 3 is 2.63 bits per heavy atom. The van der Waals surface area contributed by atoms with Crippen molar-refractivity contribution in [3.63, 3.8) is 0 Å². The van der Waals surface area contributed by atoms with E-state index in [9.17, 15) is 14.9 Å². The maximum atomic E-state index is 12.0. The van der Waals surface area contributed by atoms with Crippen molar-refractivity contribution >= 4 is 11.6 Å². The minimum absolute atomic E-state index is 0.0405. The highest BCUT2D eigenvalue weighted by Gasteiger charge is 2.24. The summed E-state index contributed by atoms with van der Waals surface area (Å²) in [4.78, 5) is 22.4. The third kappa shape index (κ3) is 3.75. The Morgan fingerprint density at radius 1 is 1.47 bits per heavy atom. The largest absolute Gasteiger partial charge is 0.396 e. The normalized spacial score (nSPS) is 11.2. The molecule has 1 aromatic carbocycles. The average molecular weight is 266 g/mol. The highest BCUT2D eigenvalue weighted by atomic mass is 16.6. The zero-order valence-electron chi connectivity index (χ0n) is 11.3. The van der Waals surface area contributed by atoms with E-state index in [4.69, 9.17) is 5.11 Å². The lowest BCUT2D eigenvalue weighted by Gasteiger charge is -2.21. The Morgan fingerprint density at radius 2 is 2.11 bits per heavy atom. The van der Waals surface area contributed by atoms with Gasteiger partial charge in [-0.3, -0.25) is 14.9 Å². The van der Waals surface area contributed by atoms with Crippen LogP contribution in [0, 0.1) is 22.5 Å². The summed E-state index contributed by atoms with van der Waals surface area (Å²) in [6, 6.07) is 4.62. The number of nitro benzene ring substituents is 1. The Labute approximate surface area is 111 Å². The number of carbonyl (C=O) groups is 1. The number of carbonyl (C=O) groups excluding carboxylic acids is 1. The number of nitrogens with zero attached hydrogens (tertiary/aromatic N) is 1. The van der Waals surface area contributed by atoms with Gasteiger partial charge in [-0.15, -0.1) is 0 Å². The van der Waals surface area contributed by atoms with E-state index >= 15 is 0 Å². The molecule has 0 atom stereocenters. The lowest BCUT2D eigenvalue weighted by molar-refractivity contribution is -0.385. The summed E-state index contributed by atoms with van der Waals surface area (Å²) in [5.41, 5.74) is -0.159. The van der Waals surface area contributed by atoms with Crippen molar-refractivity contribution in [1.29, 1.82) is 0 Å². The molecule has 0 aliphatic heterocycles. The zero-order valence-corrected chi connectivity index (χ0v) is 11.3. The van der Waals surface area contributed by atoms with Gasteiger partial charge in [0.1, 0.15) is 5.56 Å². The molecule has 1 rings (SSSR count). The van der Waals surface area contributed by atoms with E-state index in [0.29, 0.717) is 5.56 Å². The highest BCUT2D eigenvalue weighted by molar-refractivity contribution is 5.98. The highest BCUT2D eigenvalue weighted by Crippen LogP contribution is 2.23. The minimum Gasteiger partial charge on any atom is -0.396 e. The molecule has 0 radical (unpaired) electrons. The van der Waals surface area contributed by atoms with E-state index < -0.39 is 16.2 Å². The number of hydrogen-bond acceptors (Lipinski definition) is 4. The van der Waals surface area contributed by atoms with E-state index in [2.05, 4.69) is 5.32 Å². The molecule has 0 fully saturated rings. The Kier molecular flexibility index (Phi) is 4.61. The van der Waals surface area contributed by atoms with Gasteiger partial charge >= 0.3 is 0 Å². The van der Waals surface area contributed by atoms with Crippen LogP contribution < -0.4 is 5.32 Å². The second-order valence-electron chi connectivity index (χ2n) is 5.23. The molecule has 6 nitrogen and oxygen atoms in total. The third-order valence-corrected chi connectivity index (χ3v) is 2.82. The molecule has 1 amide bonds. The van der Waals surface area contributed by atoms with Gasteiger partial charge in [0.05, 0.1) is 4.92 Å². The average Bonchev–Trinajstić information content (AvgIpc) is 2.35. The number of nitro groups is 1. The first-order chi connectivity index (χ1) is 8.78. The number of hydrogen-bond donors (Lipinski definition) is 2. The van der Waals surface area contributed by atoms with Crippen LogP contribution in [0.25, 0.3) is 0 Å². The van der Waals surface area contributed by atoms with Crippen LogP contribution in [0.1, 0.15) is 29.8 Å². The van der Waals surface area contributed by atoms with E-state index in [1.807, 2.05) is 0 Å². The van der Waals surface area contributed by atoms with Crippen molar-refractivity contribution in [1.82, 2.24) is 5.32 Å². The van der Waals surface area contributed by atoms with Gasteiger partial charge in [0, 0.05) is 24.1 Å². The molecular weight excluding hydrogens is 248 g/mol. The molecule has 6 heteroatoms. The van der Waals surface area contributed by atoms with Gasteiger partial charge in [-0.25, -0.2) is 0 Å². The minimum atomic E-state index is -0.554. The molecule has 0 unspecified atom stereocenters. The van der Waals surface area contributed by atoms with Gasteiger partial charge in [0.25, 0.3) is 11.6 Å². The summed E-state index contributed by atoms with van der Waals surface area (Å²) >= 11 is 0. The predicted octanol–water partition coefficient (Wildman–Crippen LogP) is 1.65. The molecule has 0 aliphatic rings. The monoisotopic (exact) mass is 266 g/mol. The Balaban J connectivity index is 2.95. The van der Waals surface area contributed by atoms with Gasteiger partial charge in [-0.1, -0.05) is 26.0 Å². The molecule has 0 saturated heterocycles. The van der Waals surface area contributed by atoms with Crippen molar-refractivity contribution in [2.24, 2.45) is 5.41 Å². The van der Waals surface area contributed by atoms with Crippen LogP contribution in [0.3, 0.4) is 0 Å². The fourth-order valence-electron chi connectivity index (χ4n) is 1.56. The Hall–Kier alpha value is -1.95. The first kappa shape index (κ1) is 15.1. The van der Waals surface area contributed by atoms with E-state index in [1.165, 1.54) is 6.07 Å². The zero-order chi connectivity index (χ0) is 14.6. The van der Waals surface area contributed by atoms with Crippen molar-refractivity contribution < 1.29 is 14.8 Å². The quantitative estimate of drug-likeness (QED) is 0.626. The smallest absolute Gasteiger partial charge is 0.285 e. The maximum Gasteiger partial charge on any atom is 0.285 e. The summed E-state index contributed by atoms with van der Waals surface area (Å²) in [6.07, 6.45) is 0. The molecule has 0 aromatic heterocycles. The predicted molar refractivity (Wildman–Crippen MR) is 71.0 cm³/mol. The van der Waals surface area contributed by atoms with Crippen LogP contribution in [0.4, 0.5) is 5.69 Å². The summed E-state index contributed by atoms with van der Waals surface area (Å²) in [7, 11) is 0. The molecule has 19 heavy (non-hydrogen) atoms. The number of rotatable bonds is 5. The number of para-hydroxylation sites is 1. The lowest BCUT2D eigenvalue weighted by Crippen LogP contribution is -2.36. The van der Waals surface area contributed by atoms with E-state index in [1.54, 1.807) is 32.9 Å². The van der Waals surface area contributed by atoms with Crippen LogP contribution in [0.2, 0.25) is 0 Å². The lowest BCUT2D eigenvalue weighted by atomic mass is 9.95. The first-order valence-electron chi connectivity index (χ1n) is 5.91. The van der Waals surface area contributed by atoms with Crippen LogP contribution in [-0.2, 0) is 0 Å². The van der Waals surface area contributed by atoms with Gasteiger partial charge in [-0.2, -0.15) is 0 Å². The van der Waals surface area contributed by atoms with Gasteiger partial charge in [0.2, 0.25) is 0 Å². The van der Waals surface area contributed by atoms with Crippen LogP contribution in [-0.4, -0.2) is 29.1 Å². The first-order valence-corrected chi connectivity index (χ1v) is 5.91. The van der Waals surface area contributed by atoms with Crippen molar-refractivity contribution in [2.75, 3.05) is 13.2 Å². The van der Waals surface area contributed by atoms with Gasteiger partial charge in [0.15, 0.2) is 0 Å². The van der Waals surface area contributed by atoms with Crippen molar-refractivity contribution in [2.45, 2.75) is 20.8 Å². The summed E-state index contributed by atoms with van der Waals surface area (Å²) in [5.74, 6) is -0.503. The van der Waals surface area contributed by atoms with Crippen LogP contribution in [0.15, 0.2) is 18.2 Å². The molecule has 0 heterocycles. The van der Waals surface area contributed by atoms with E-state index in [-0.39, 0.29) is 24.4 Å². The molecular formula is C13H18N2O4. The topological polar surface area (TPSA) is 92.5 Å². The molecule has 0 saturated carbocycles. The number of amides is 1. The third-order valence-electron chi connectivity index (χ3n) is 2.82. The second-order valence-corrected chi connectivity index (χ2v) is 5.23. The SMILES string of the molecule is Cc1cccc(C(=O)NCC(C)(C)CO)c1[N+](=O)[O-]. The van der Waals surface area contributed by atoms with Crippen LogP contribution in [0.5, 0.6) is 0 Å². The van der Waals surface area contributed by atoms with Gasteiger partial charge < -0.3 is 10.4 Å². The van der Waals surface area contributed by atoms with Crippen molar-refractivity contribution in [3.05, 3.63) is 39.4 Å². The van der Waals surface area contributed by atoms with Crippen LogP contribution >= 0.6 is 0 Å². The summed E-state index contributed by atoms with van der Waals surface area (Å²) < 4.78 is 0. The maximum absolute atomic E-state index is 12.0. The fraction of sp³-hybridized carbons (Fsp3) is 0.462. The number of benzene rings is 1. The van der Waals surface area contributed by atoms with E-state index in [0.717, 1.165) is 0 Å². The molecule has 0 bridgehead atoms. The number of aryl methyl sites for hydroxylation is 1. The van der Waals surface area contributed by atoms with Crippen molar-refractivity contribution in [3.8, 4) is 0 Å². The molecule has 1 aromatic rings. The number of nitrogens with one attached hydrogen (secondary N) is 1. The molecule has 0 spiro atoms. The molecule has 104 valence electrons. The summed E-state index contributed by atoms with van der Waals surface area (Å²) in [6.45, 7) is 5.33. The number of aliphatic hydroxyl groups is 1. The Bertz CT molecular complexity index is 497. The number of aliphatic hydroxyl groups excluding tert-OH is 1. The standard InChI is InChI=1S/C13H18N2O4/c1-9-5-4-6-10(11(9)15(18)19)12(17)14-7-13(2,3)8-16/h4-6,16H,7-8H2,1-3H3,(H,14,17). The molecule has 2 N–H and O–H groups in total. The molecule has 0 aliphatic carbocycles. The fourth-order valence-corrected chi connectivity index (χ4v) is 1.56. The second kappa shape index (κ2) is 5.79.